The Bertz CT molecular complexity index is 890. The minimum absolute atomic E-state index is 0.161. The van der Waals surface area contributed by atoms with E-state index >= 15 is 0 Å². The average Bonchev–Trinajstić information content (AvgIpc) is 3.16. The molecule has 0 aliphatic rings. The average molecular weight is 388 g/mol. The smallest absolute Gasteiger partial charge is 0.381 e. The summed E-state index contributed by atoms with van der Waals surface area (Å²) in [7, 11) is -3.69. The third-order valence-corrected chi connectivity index (χ3v) is 3.60. The van der Waals surface area contributed by atoms with Crippen molar-refractivity contribution in [3.05, 3.63) is 34.5 Å². The summed E-state index contributed by atoms with van der Waals surface area (Å²) < 4.78 is 34.7. The third kappa shape index (κ3) is 5.89. The minimum atomic E-state index is -3.69. The van der Waals surface area contributed by atoms with Gasteiger partial charge in [0.2, 0.25) is 6.33 Å². The van der Waals surface area contributed by atoms with Gasteiger partial charge in [-0.3, -0.25) is 8.98 Å². The van der Waals surface area contributed by atoms with Crippen LogP contribution in [0, 0.1) is 10.1 Å². The van der Waals surface area contributed by atoms with Gasteiger partial charge in [-0.15, -0.1) is 5.10 Å². The first kappa shape index (κ1) is 19.5. The van der Waals surface area contributed by atoms with E-state index in [9.17, 15) is 23.3 Å². The van der Waals surface area contributed by atoms with E-state index < -0.39 is 27.1 Å². The maximum atomic E-state index is 11.2. The van der Waals surface area contributed by atoms with Gasteiger partial charge in [0.05, 0.1) is 25.6 Å². The number of nitrogens with zero attached hydrogens (tertiary/aromatic N) is 6. The Balaban J connectivity index is 2.10. The molecule has 13 nitrogen and oxygen atoms in total. The number of carbonyl (C=O) groups is 1. The fourth-order valence-electron chi connectivity index (χ4n) is 1.90. The molecule has 0 radical (unpaired) electrons. The second-order valence-corrected chi connectivity index (χ2v) is 6.94. The Morgan fingerprint density at radius 2 is 2.12 bits per heavy atom. The molecule has 1 atom stereocenters. The van der Waals surface area contributed by atoms with Crippen molar-refractivity contribution in [2.75, 3.05) is 19.5 Å². The molecular weight excluding hydrogens is 372 g/mol. The van der Waals surface area contributed by atoms with Crippen LogP contribution in [0.4, 0.5) is 5.82 Å². The van der Waals surface area contributed by atoms with Gasteiger partial charge in [-0.25, -0.2) is 4.68 Å². The number of imidazole rings is 1. The summed E-state index contributed by atoms with van der Waals surface area (Å²) in [5.74, 6) is -0.841. The van der Waals surface area contributed by atoms with Crippen LogP contribution >= 0.6 is 0 Å². The Morgan fingerprint density at radius 3 is 2.69 bits per heavy atom. The van der Waals surface area contributed by atoms with E-state index in [2.05, 4.69) is 15.3 Å². The maximum Gasteiger partial charge on any atom is 0.381 e. The van der Waals surface area contributed by atoms with Crippen molar-refractivity contribution in [2.24, 2.45) is 0 Å². The zero-order valence-corrected chi connectivity index (χ0v) is 14.7. The molecule has 1 unspecified atom stereocenters. The van der Waals surface area contributed by atoms with Crippen LogP contribution in [0.3, 0.4) is 0 Å². The van der Waals surface area contributed by atoms with E-state index in [1.807, 2.05) is 0 Å². The van der Waals surface area contributed by atoms with Crippen molar-refractivity contribution in [3.63, 3.8) is 0 Å². The quantitative estimate of drug-likeness (QED) is 0.237. The standard InChI is InChI=1S/C12H16N6O7S/c1-9(19)24-6-11(7-25-26(2,22)23)17-4-10(14-15-17)3-16-5-12(13-8-16)18(20)21/h4-5,8,11H,3,6-7H2,1-2H3. The highest BCUT2D eigenvalue weighted by atomic mass is 32.2. The molecule has 2 aromatic heterocycles. The van der Waals surface area contributed by atoms with Crippen LogP contribution in [-0.4, -0.2) is 63.3 Å². The first-order valence-electron chi connectivity index (χ1n) is 7.18. The summed E-state index contributed by atoms with van der Waals surface area (Å²) in [6, 6.07) is -0.716. The van der Waals surface area contributed by atoms with Gasteiger partial charge < -0.3 is 19.4 Å². The lowest BCUT2D eigenvalue weighted by Crippen LogP contribution is -2.24. The van der Waals surface area contributed by atoms with Crippen molar-refractivity contribution in [1.29, 1.82) is 0 Å². The molecule has 0 amide bonds. The van der Waals surface area contributed by atoms with Crippen LogP contribution in [-0.2, 0) is 30.4 Å². The Kier molecular flexibility index (Phi) is 5.99. The summed E-state index contributed by atoms with van der Waals surface area (Å²) in [5, 5.41) is 18.4. The molecule has 0 bridgehead atoms. The number of aromatic nitrogens is 5. The number of hydrogen-bond donors (Lipinski definition) is 0. The number of nitro groups is 1. The molecular formula is C12H16N6O7S. The van der Waals surface area contributed by atoms with Crippen molar-refractivity contribution >= 4 is 21.9 Å². The first-order chi connectivity index (χ1) is 12.1. The third-order valence-electron chi connectivity index (χ3n) is 3.04. The van der Waals surface area contributed by atoms with Gasteiger partial charge in [0.1, 0.15) is 24.5 Å². The molecule has 0 N–H and O–H groups in total. The zero-order chi connectivity index (χ0) is 19.3. The number of ether oxygens (including phenoxy) is 1. The molecule has 0 saturated carbocycles. The highest BCUT2D eigenvalue weighted by Gasteiger charge is 2.19. The zero-order valence-electron chi connectivity index (χ0n) is 13.9. The highest BCUT2D eigenvalue weighted by Crippen LogP contribution is 2.11. The van der Waals surface area contributed by atoms with Crippen LogP contribution in [0.15, 0.2) is 18.7 Å². The topological polar surface area (TPSA) is 161 Å². The fourth-order valence-corrected chi connectivity index (χ4v) is 2.30. The predicted octanol–water partition coefficient (Wildman–Crippen LogP) is -0.488. The number of hydrogen-bond acceptors (Lipinski definition) is 10. The molecule has 2 heterocycles. The SMILES string of the molecule is CC(=O)OCC(COS(C)(=O)=O)n1cc(Cn2cnc([N+](=O)[O-])c2)nn1. The summed E-state index contributed by atoms with van der Waals surface area (Å²) in [4.78, 5) is 24.6. The van der Waals surface area contributed by atoms with Gasteiger partial charge >= 0.3 is 11.8 Å². The largest absolute Gasteiger partial charge is 0.463 e. The lowest BCUT2D eigenvalue weighted by Gasteiger charge is -2.15. The molecule has 26 heavy (non-hydrogen) atoms. The van der Waals surface area contributed by atoms with Gasteiger partial charge in [0.25, 0.3) is 10.1 Å². The van der Waals surface area contributed by atoms with Crippen molar-refractivity contribution in [3.8, 4) is 0 Å². The van der Waals surface area contributed by atoms with Crippen LogP contribution in [0.1, 0.15) is 18.7 Å². The van der Waals surface area contributed by atoms with Gasteiger partial charge in [0.15, 0.2) is 0 Å². The molecule has 0 fully saturated rings. The summed E-state index contributed by atoms with van der Waals surface area (Å²) in [5.41, 5.74) is 0.435. The Labute approximate surface area is 147 Å². The lowest BCUT2D eigenvalue weighted by atomic mass is 10.3. The monoisotopic (exact) mass is 388 g/mol. The molecule has 0 saturated heterocycles. The number of carbonyl (C=O) groups excluding carboxylic acids is 1. The summed E-state index contributed by atoms with van der Waals surface area (Å²) >= 11 is 0. The van der Waals surface area contributed by atoms with Crippen molar-refractivity contribution in [1.82, 2.24) is 24.5 Å². The van der Waals surface area contributed by atoms with Crippen molar-refractivity contribution in [2.45, 2.75) is 19.5 Å². The van der Waals surface area contributed by atoms with E-state index in [1.165, 1.54) is 34.9 Å². The van der Waals surface area contributed by atoms with E-state index in [0.29, 0.717) is 5.69 Å². The van der Waals surface area contributed by atoms with Gasteiger partial charge in [0, 0.05) is 6.92 Å². The summed E-state index contributed by atoms with van der Waals surface area (Å²) in [6.07, 6.45) is 4.91. The predicted molar refractivity (Wildman–Crippen MR) is 84.5 cm³/mol. The van der Waals surface area contributed by atoms with E-state index in [4.69, 9.17) is 8.92 Å². The minimum Gasteiger partial charge on any atom is -0.463 e. The van der Waals surface area contributed by atoms with Crippen molar-refractivity contribution < 1.29 is 27.1 Å². The highest BCUT2D eigenvalue weighted by molar-refractivity contribution is 7.85. The van der Waals surface area contributed by atoms with E-state index in [1.54, 1.807) is 0 Å². The molecule has 0 spiro atoms. The lowest BCUT2D eigenvalue weighted by molar-refractivity contribution is -0.389. The van der Waals surface area contributed by atoms with Crippen LogP contribution < -0.4 is 0 Å². The molecule has 142 valence electrons. The van der Waals surface area contributed by atoms with Gasteiger partial charge in [-0.2, -0.15) is 8.42 Å². The van der Waals surface area contributed by atoms with Crippen LogP contribution in [0.5, 0.6) is 0 Å². The van der Waals surface area contributed by atoms with Gasteiger partial charge in [-0.1, -0.05) is 5.21 Å². The number of esters is 1. The van der Waals surface area contributed by atoms with Crippen LogP contribution in [0.2, 0.25) is 0 Å². The van der Waals surface area contributed by atoms with E-state index in [-0.39, 0.29) is 25.6 Å². The molecule has 2 aromatic rings. The molecule has 0 aromatic carbocycles. The molecule has 14 heteroatoms. The maximum absolute atomic E-state index is 11.2. The van der Waals surface area contributed by atoms with E-state index in [0.717, 1.165) is 6.26 Å². The van der Waals surface area contributed by atoms with Gasteiger partial charge in [-0.05, 0) is 9.91 Å². The second kappa shape index (κ2) is 8.01. The first-order valence-corrected chi connectivity index (χ1v) is 9.00. The Hall–Kier alpha value is -2.87. The fraction of sp³-hybridized carbons (Fsp3) is 0.500. The summed E-state index contributed by atoms with van der Waals surface area (Å²) in [6.45, 7) is 0.914. The molecule has 2 rings (SSSR count). The normalized spacial score (nSPS) is 12.7. The Morgan fingerprint density at radius 1 is 1.38 bits per heavy atom. The number of rotatable bonds is 9. The van der Waals surface area contributed by atoms with Crippen LogP contribution in [0.25, 0.3) is 0 Å². The second-order valence-electron chi connectivity index (χ2n) is 5.30. The molecule has 0 aliphatic heterocycles. The molecule has 0 aliphatic carbocycles.